The molecule has 0 saturated carbocycles. The Labute approximate surface area is 102 Å². The van der Waals surface area contributed by atoms with Crippen molar-refractivity contribution in [2.24, 2.45) is 11.7 Å². The number of hydrogen-bond donors (Lipinski definition) is 1. The van der Waals surface area contributed by atoms with Crippen LogP contribution in [-0.4, -0.2) is 29.0 Å². The van der Waals surface area contributed by atoms with Crippen LogP contribution in [-0.2, 0) is 0 Å². The number of nitrogens with zero attached hydrogens (tertiary/aromatic N) is 2. The molecule has 16 heavy (non-hydrogen) atoms. The minimum Gasteiger partial charge on any atom is -0.330 e. The Balaban J connectivity index is 2.07. The Kier molecular flexibility index (Phi) is 3.62. The fourth-order valence-corrected chi connectivity index (χ4v) is 3.32. The lowest BCUT2D eigenvalue weighted by atomic mass is 10.1. The van der Waals surface area contributed by atoms with Crippen LogP contribution >= 0.6 is 11.3 Å². The zero-order valence-electron chi connectivity index (χ0n) is 10.3. The van der Waals surface area contributed by atoms with E-state index in [1.54, 1.807) is 11.3 Å². The van der Waals surface area contributed by atoms with Crippen LogP contribution in [0.3, 0.4) is 0 Å². The lowest BCUT2D eigenvalue weighted by Gasteiger charge is -2.27. The van der Waals surface area contributed by atoms with Crippen LogP contribution in [0.4, 0.5) is 0 Å². The zero-order valence-corrected chi connectivity index (χ0v) is 11.1. The smallest absolute Gasteiger partial charge is 0.0898 e. The highest BCUT2D eigenvalue weighted by Crippen LogP contribution is 2.31. The normalized spacial score (nSPS) is 28.5. The lowest BCUT2D eigenvalue weighted by Crippen LogP contribution is -2.31. The van der Waals surface area contributed by atoms with Gasteiger partial charge >= 0.3 is 0 Å². The van der Waals surface area contributed by atoms with E-state index in [0.29, 0.717) is 18.0 Å². The van der Waals surface area contributed by atoms with Gasteiger partial charge in [0.2, 0.25) is 0 Å². The molecule has 1 saturated heterocycles. The number of nitrogens with two attached hydrogens (primary N) is 1. The predicted molar refractivity (Wildman–Crippen MR) is 68.6 cm³/mol. The number of aromatic nitrogens is 1. The van der Waals surface area contributed by atoms with Gasteiger partial charge in [0, 0.05) is 18.0 Å². The molecule has 0 radical (unpaired) electrons. The number of hydrogen-bond acceptors (Lipinski definition) is 4. The predicted octanol–water partition coefficient (Wildman–Crippen LogP) is 2.18. The highest BCUT2D eigenvalue weighted by atomic mass is 32.1. The third-order valence-electron chi connectivity index (χ3n) is 3.61. The van der Waals surface area contributed by atoms with Gasteiger partial charge < -0.3 is 5.73 Å². The van der Waals surface area contributed by atoms with Crippen molar-refractivity contribution >= 4 is 11.3 Å². The van der Waals surface area contributed by atoms with Crippen molar-refractivity contribution in [3.8, 4) is 0 Å². The number of rotatable bonds is 3. The quantitative estimate of drug-likeness (QED) is 0.879. The van der Waals surface area contributed by atoms with E-state index in [1.165, 1.54) is 12.1 Å². The molecule has 2 heterocycles. The molecular formula is C12H21N3S. The van der Waals surface area contributed by atoms with E-state index in [4.69, 9.17) is 5.73 Å². The molecule has 0 bridgehead atoms. The van der Waals surface area contributed by atoms with Crippen molar-refractivity contribution in [1.82, 2.24) is 9.88 Å². The minimum atomic E-state index is 0.427. The average molecular weight is 239 g/mol. The molecule has 1 fully saturated rings. The van der Waals surface area contributed by atoms with Crippen LogP contribution in [0.2, 0.25) is 0 Å². The second kappa shape index (κ2) is 4.82. The Hall–Kier alpha value is -0.450. The standard InChI is InChI=1S/C12H21N3S/c1-8-4-11(5-13)6-15(8)9(2)12-7-16-10(3)14-12/h7-9,11H,4-6,13H2,1-3H3. The van der Waals surface area contributed by atoms with Crippen LogP contribution in [0.15, 0.2) is 5.38 Å². The van der Waals surface area contributed by atoms with Crippen molar-refractivity contribution in [3.63, 3.8) is 0 Å². The molecule has 1 aliphatic rings. The summed E-state index contributed by atoms with van der Waals surface area (Å²) in [6.45, 7) is 8.55. The number of likely N-dealkylation sites (tertiary alicyclic amines) is 1. The molecule has 2 rings (SSSR count). The van der Waals surface area contributed by atoms with Gasteiger partial charge in [-0.3, -0.25) is 4.90 Å². The molecule has 90 valence electrons. The summed E-state index contributed by atoms with van der Waals surface area (Å²) in [7, 11) is 0. The van der Waals surface area contributed by atoms with E-state index in [0.717, 1.165) is 18.1 Å². The van der Waals surface area contributed by atoms with E-state index in [2.05, 4.69) is 36.0 Å². The first-order valence-electron chi connectivity index (χ1n) is 5.99. The average Bonchev–Trinajstić information content (AvgIpc) is 2.83. The number of aryl methyl sites for hydroxylation is 1. The summed E-state index contributed by atoms with van der Waals surface area (Å²) in [5.74, 6) is 0.664. The second-order valence-corrected chi connectivity index (χ2v) is 5.91. The molecule has 4 heteroatoms. The van der Waals surface area contributed by atoms with Crippen molar-refractivity contribution < 1.29 is 0 Å². The molecule has 3 unspecified atom stereocenters. The lowest BCUT2D eigenvalue weighted by molar-refractivity contribution is 0.197. The fraction of sp³-hybridized carbons (Fsp3) is 0.750. The van der Waals surface area contributed by atoms with Gasteiger partial charge in [0.25, 0.3) is 0 Å². The summed E-state index contributed by atoms with van der Waals surface area (Å²) in [5.41, 5.74) is 6.98. The van der Waals surface area contributed by atoms with Crippen molar-refractivity contribution in [3.05, 3.63) is 16.1 Å². The first-order chi connectivity index (χ1) is 7.61. The molecule has 1 aliphatic heterocycles. The van der Waals surface area contributed by atoms with Gasteiger partial charge in [-0.2, -0.15) is 0 Å². The van der Waals surface area contributed by atoms with Gasteiger partial charge in [0.05, 0.1) is 16.7 Å². The molecular weight excluding hydrogens is 218 g/mol. The monoisotopic (exact) mass is 239 g/mol. The van der Waals surface area contributed by atoms with Crippen LogP contribution in [0.5, 0.6) is 0 Å². The molecule has 0 spiro atoms. The summed E-state index contributed by atoms with van der Waals surface area (Å²) < 4.78 is 0. The van der Waals surface area contributed by atoms with Crippen LogP contribution in [0.1, 0.15) is 37.0 Å². The largest absolute Gasteiger partial charge is 0.330 e. The van der Waals surface area contributed by atoms with Gasteiger partial charge in [-0.05, 0) is 39.7 Å². The van der Waals surface area contributed by atoms with E-state index < -0.39 is 0 Å². The second-order valence-electron chi connectivity index (χ2n) is 4.85. The summed E-state index contributed by atoms with van der Waals surface area (Å²) >= 11 is 1.74. The molecule has 3 atom stereocenters. The third kappa shape index (κ3) is 2.29. The summed E-state index contributed by atoms with van der Waals surface area (Å²) in [5, 5.41) is 3.34. The summed E-state index contributed by atoms with van der Waals surface area (Å²) in [6.07, 6.45) is 1.23. The van der Waals surface area contributed by atoms with E-state index in [9.17, 15) is 0 Å². The van der Waals surface area contributed by atoms with Crippen LogP contribution in [0, 0.1) is 12.8 Å². The first-order valence-corrected chi connectivity index (χ1v) is 6.87. The SMILES string of the molecule is Cc1nc(C(C)N2CC(CN)CC2C)cs1. The van der Waals surface area contributed by atoms with Crippen molar-refractivity contribution in [2.45, 2.75) is 39.3 Å². The van der Waals surface area contributed by atoms with E-state index >= 15 is 0 Å². The van der Waals surface area contributed by atoms with Gasteiger partial charge in [-0.25, -0.2) is 4.98 Å². The molecule has 2 N–H and O–H groups in total. The molecule has 1 aromatic rings. The van der Waals surface area contributed by atoms with E-state index in [1.807, 2.05) is 0 Å². The maximum atomic E-state index is 5.76. The molecule has 0 aromatic carbocycles. The Morgan fingerprint density at radius 2 is 2.44 bits per heavy atom. The highest BCUT2D eigenvalue weighted by molar-refractivity contribution is 7.09. The fourth-order valence-electron chi connectivity index (χ4n) is 2.62. The van der Waals surface area contributed by atoms with Gasteiger partial charge in [0.15, 0.2) is 0 Å². The van der Waals surface area contributed by atoms with Gasteiger partial charge in [-0.15, -0.1) is 11.3 Å². The Morgan fingerprint density at radius 1 is 1.69 bits per heavy atom. The van der Waals surface area contributed by atoms with Gasteiger partial charge in [0.1, 0.15) is 0 Å². The zero-order chi connectivity index (χ0) is 11.7. The maximum Gasteiger partial charge on any atom is 0.0898 e. The van der Waals surface area contributed by atoms with Gasteiger partial charge in [-0.1, -0.05) is 0 Å². The topological polar surface area (TPSA) is 42.2 Å². The summed E-state index contributed by atoms with van der Waals surface area (Å²) in [6, 6.07) is 1.06. The first kappa shape index (κ1) is 12.0. The molecule has 0 amide bonds. The van der Waals surface area contributed by atoms with Crippen molar-refractivity contribution in [2.75, 3.05) is 13.1 Å². The van der Waals surface area contributed by atoms with Crippen molar-refractivity contribution in [1.29, 1.82) is 0 Å². The highest BCUT2D eigenvalue weighted by Gasteiger charge is 2.32. The molecule has 0 aliphatic carbocycles. The Morgan fingerprint density at radius 3 is 2.94 bits per heavy atom. The summed E-state index contributed by atoms with van der Waals surface area (Å²) in [4.78, 5) is 7.12. The molecule has 1 aromatic heterocycles. The van der Waals surface area contributed by atoms with Crippen LogP contribution < -0.4 is 5.73 Å². The molecule has 3 nitrogen and oxygen atoms in total. The number of thiazole rings is 1. The minimum absolute atomic E-state index is 0.427. The van der Waals surface area contributed by atoms with E-state index in [-0.39, 0.29) is 0 Å². The van der Waals surface area contributed by atoms with Crippen LogP contribution in [0.25, 0.3) is 0 Å². The third-order valence-corrected chi connectivity index (χ3v) is 4.40. The maximum absolute atomic E-state index is 5.76. The Bertz CT molecular complexity index is 350.